The summed E-state index contributed by atoms with van der Waals surface area (Å²) in [5.74, 6) is -0.852. The second-order valence-electron chi connectivity index (χ2n) is 3.10. The predicted molar refractivity (Wildman–Crippen MR) is 55.5 cm³/mol. The average Bonchev–Trinajstić information content (AvgIpc) is 2.28. The van der Waals surface area contributed by atoms with Crippen LogP contribution < -0.4 is 5.43 Å². The van der Waals surface area contributed by atoms with Crippen LogP contribution in [0.2, 0.25) is 0 Å². The fraction of sp³-hybridized carbons (Fsp3) is 0.500. The van der Waals surface area contributed by atoms with Crippen LogP contribution in [0, 0.1) is 6.92 Å². The molecule has 0 bridgehead atoms. The second kappa shape index (κ2) is 4.39. The van der Waals surface area contributed by atoms with Gasteiger partial charge in [0.1, 0.15) is 0 Å². The normalized spacial score (nSPS) is 10.6. The fourth-order valence-electron chi connectivity index (χ4n) is 0.974. The number of carboxylic acid groups (broad SMARTS) is 1. The summed E-state index contributed by atoms with van der Waals surface area (Å²) in [5.41, 5.74) is 3.62. The molecule has 0 atom stereocenters. The van der Waals surface area contributed by atoms with E-state index in [0.717, 1.165) is 10.0 Å². The first-order valence-corrected chi connectivity index (χ1v) is 4.92. The van der Waals surface area contributed by atoms with Crippen LogP contribution in [0.1, 0.15) is 10.6 Å². The van der Waals surface area contributed by atoms with Gasteiger partial charge < -0.3 is 5.11 Å². The molecule has 0 aliphatic carbocycles. The van der Waals surface area contributed by atoms with Gasteiger partial charge >= 0.3 is 5.97 Å². The quantitative estimate of drug-likeness (QED) is 0.733. The predicted octanol–water partition coefficient (Wildman–Crippen LogP) is 0.967. The van der Waals surface area contributed by atoms with E-state index >= 15 is 0 Å². The molecule has 14 heavy (non-hydrogen) atoms. The Balaban J connectivity index is 2.76. The van der Waals surface area contributed by atoms with E-state index in [2.05, 4.69) is 10.4 Å². The molecular formula is C8H13N3O2S. The van der Waals surface area contributed by atoms with E-state index < -0.39 is 5.97 Å². The van der Waals surface area contributed by atoms with Crippen LogP contribution in [0.5, 0.6) is 0 Å². The fourth-order valence-corrected chi connectivity index (χ4v) is 1.88. The number of carboxylic acids is 1. The van der Waals surface area contributed by atoms with E-state index in [4.69, 9.17) is 5.11 Å². The third kappa shape index (κ3) is 2.97. The van der Waals surface area contributed by atoms with Gasteiger partial charge in [0.25, 0.3) is 0 Å². The molecule has 1 aromatic rings. The number of carbonyl (C=O) groups is 1. The molecule has 0 saturated heterocycles. The van der Waals surface area contributed by atoms with Crippen molar-refractivity contribution in [1.29, 1.82) is 0 Å². The molecule has 0 spiro atoms. The molecule has 1 aromatic heterocycles. The monoisotopic (exact) mass is 215 g/mol. The Kier molecular flexibility index (Phi) is 3.43. The number of hydrogen-bond acceptors (Lipinski definition) is 5. The van der Waals surface area contributed by atoms with Crippen LogP contribution in [0.3, 0.4) is 0 Å². The SMILES string of the molecule is Cc1sc(NN(C)C)nc1CC(=O)O. The maximum atomic E-state index is 10.5. The summed E-state index contributed by atoms with van der Waals surface area (Å²) in [6.45, 7) is 1.87. The number of aromatic nitrogens is 1. The van der Waals surface area contributed by atoms with Crippen molar-refractivity contribution in [3.05, 3.63) is 10.6 Å². The Morgan fingerprint density at radius 2 is 2.29 bits per heavy atom. The van der Waals surface area contributed by atoms with Gasteiger partial charge in [-0.05, 0) is 6.92 Å². The van der Waals surface area contributed by atoms with Gasteiger partial charge in [0.15, 0.2) is 5.13 Å². The Morgan fingerprint density at radius 3 is 2.79 bits per heavy atom. The largest absolute Gasteiger partial charge is 0.481 e. The summed E-state index contributed by atoms with van der Waals surface area (Å²) < 4.78 is 0. The Morgan fingerprint density at radius 1 is 1.64 bits per heavy atom. The molecule has 78 valence electrons. The Labute approximate surface area is 86.4 Å². The lowest BCUT2D eigenvalue weighted by molar-refractivity contribution is -0.136. The number of aryl methyl sites for hydroxylation is 1. The van der Waals surface area contributed by atoms with Crippen LogP contribution in [0.4, 0.5) is 5.13 Å². The Hall–Kier alpha value is -1.14. The van der Waals surface area contributed by atoms with Crippen LogP contribution in [-0.2, 0) is 11.2 Å². The van der Waals surface area contributed by atoms with Crippen molar-refractivity contribution in [2.75, 3.05) is 19.5 Å². The number of thiazole rings is 1. The smallest absolute Gasteiger partial charge is 0.309 e. The summed E-state index contributed by atoms with van der Waals surface area (Å²) in [6, 6.07) is 0. The summed E-state index contributed by atoms with van der Waals surface area (Å²) >= 11 is 1.46. The maximum absolute atomic E-state index is 10.5. The molecular weight excluding hydrogens is 202 g/mol. The second-order valence-corrected chi connectivity index (χ2v) is 4.30. The van der Waals surface area contributed by atoms with E-state index in [1.807, 2.05) is 21.0 Å². The molecule has 6 heteroatoms. The molecule has 0 amide bonds. The average molecular weight is 215 g/mol. The van der Waals surface area contributed by atoms with Gasteiger partial charge in [0.2, 0.25) is 0 Å². The minimum Gasteiger partial charge on any atom is -0.481 e. The minimum absolute atomic E-state index is 0.0164. The molecule has 0 saturated carbocycles. The van der Waals surface area contributed by atoms with Crippen molar-refractivity contribution < 1.29 is 9.90 Å². The number of nitrogens with one attached hydrogen (secondary N) is 1. The molecule has 0 radical (unpaired) electrons. The van der Waals surface area contributed by atoms with Gasteiger partial charge in [-0.15, -0.1) is 11.3 Å². The van der Waals surface area contributed by atoms with Gasteiger partial charge in [0.05, 0.1) is 12.1 Å². The zero-order chi connectivity index (χ0) is 10.7. The highest BCUT2D eigenvalue weighted by atomic mass is 32.1. The molecule has 0 fully saturated rings. The van der Waals surface area contributed by atoms with Crippen molar-refractivity contribution in [2.45, 2.75) is 13.3 Å². The van der Waals surface area contributed by atoms with Crippen LogP contribution in [0.25, 0.3) is 0 Å². The van der Waals surface area contributed by atoms with E-state index in [9.17, 15) is 4.79 Å². The zero-order valence-electron chi connectivity index (χ0n) is 8.37. The third-order valence-electron chi connectivity index (χ3n) is 1.53. The molecule has 1 heterocycles. The van der Waals surface area contributed by atoms with Crippen molar-refractivity contribution >= 4 is 22.4 Å². The lowest BCUT2D eigenvalue weighted by Gasteiger charge is -2.08. The highest BCUT2D eigenvalue weighted by Gasteiger charge is 2.10. The first kappa shape index (κ1) is 10.9. The van der Waals surface area contributed by atoms with Crippen molar-refractivity contribution in [2.24, 2.45) is 0 Å². The van der Waals surface area contributed by atoms with Crippen LogP contribution in [-0.4, -0.2) is 35.2 Å². The number of nitrogens with zero attached hydrogens (tertiary/aromatic N) is 2. The standard InChI is InChI=1S/C8H13N3O2S/c1-5-6(4-7(12)13)9-8(14-5)10-11(2)3/h4H2,1-3H3,(H,9,10)(H,12,13). The molecule has 0 aliphatic heterocycles. The molecule has 1 rings (SSSR count). The number of hydrazine groups is 1. The van der Waals surface area contributed by atoms with Crippen LogP contribution >= 0.6 is 11.3 Å². The number of anilines is 1. The minimum atomic E-state index is -0.852. The number of aliphatic carboxylic acids is 1. The topological polar surface area (TPSA) is 65.5 Å². The summed E-state index contributed by atoms with van der Waals surface area (Å²) in [7, 11) is 3.71. The van der Waals surface area contributed by atoms with Crippen molar-refractivity contribution in [3.63, 3.8) is 0 Å². The van der Waals surface area contributed by atoms with Gasteiger partial charge in [-0.25, -0.2) is 9.99 Å². The Bertz CT molecular complexity index is 335. The van der Waals surface area contributed by atoms with E-state index in [1.165, 1.54) is 11.3 Å². The molecule has 2 N–H and O–H groups in total. The summed E-state index contributed by atoms with van der Waals surface area (Å²) in [5, 5.41) is 11.1. The number of rotatable bonds is 4. The van der Waals surface area contributed by atoms with Crippen molar-refractivity contribution in [1.82, 2.24) is 9.99 Å². The lowest BCUT2D eigenvalue weighted by atomic mass is 10.3. The maximum Gasteiger partial charge on any atom is 0.309 e. The highest BCUT2D eigenvalue weighted by molar-refractivity contribution is 7.15. The first-order valence-electron chi connectivity index (χ1n) is 4.11. The lowest BCUT2D eigenvalue weighted by Crippen LogP contribution is -2.19. The van der Waals surface area contributed by atoms with Gasteiger partial charge in [-0.1, -0.05) is 0 Å². The summed E-state index contributed by atoms with van der Waals surface area (Å²) in [4.78, 5) is 15.6. The summed E-state index contributed by atoms with van der Waals surface area (Å²) in [6.07, 6.45) is -0.0164. The third-order valence-corrected chi connectivity index (χ3v) is 2.45. The zero-order valence-corrected chi connectivity index (χ0v) is 9.18. The molecule has 0 aliphatic rings. The molecule has 0 unspecified atom stereocenters. The van der Waals surface area contributed by atoms with E-state index in [0.29, 0.717) is 5.69 Å². The van der Waals surface area contributed by atoms with Crippen molar-refractivity contribution in [3.8, 4) is 0 Å². The number of hydrogen-bond donors (Lipinski definition) is 2. The first-order chi connectivity index (χ1) is 6.49. The molecule has 0 aromatic carbocycles. The van der Waals surface area contributed by atoms with Gasteiger partial charge in [0, 0.05) is 19.0 Å². The van der Waals surface area contributed by atoms with Gasteiger partial charge in [-0.3, -0.25) is 10.2 Å². The van der Waals surface area contributed by atoms with Crippen LogP contribution in [0.15, 0.2) is 0 Å². The van der Waals surface area contributed by atoms with Gasteiger partial charge in [-0.2, -0.15) is 0 Å². The molecule has 5 nitrogen and oxygen atoms in total. The van der Waals surface area contributed by atoms with E-state index in [1.54, 1.807) is 5.01 Å². The highest BCUT2D eigenvalue weighted by Crippen LogP contribution is 2.22. The van der Waals surface area contributed by atoms with E-state index in [-0.39, 0.29) is 6.42 Å².